The largest absolute Gasteiger partial charge is 0.381 e. The molecule has 1 aromatic rings. The first-order valence-electron chi connectivity index (χ1n) is 7.18. The van der Waals surface area contributed by atoms with Crippen LogP contribution in [-0.4, -0.2) is 40.8 Å². The summed E-state index contributed by atoms with van der Waals surface area (Å²) >= 11 is 0. The molecule has 0 spiro atoms. The van der Waals surface area contributed by atoms with Crippen molar-refractivity contribution in [1.82, 2.24) is 15.1 Å². The third-order valence-electron chi connectivity index (χ3n) is 4.19. The smallest absolute Gasteiger partial charge is 0.223 e. The lowest BCUT2D eigenvalue weighted by atomic mass is 10.0. The number of aryl methyl sites for hydroxylation is 1. The van der Waals surface area contributed by atoms with Gasteiger partial charge in [0.1, 0.15) is 0 Å². The van der Waals surface area contributed by atoms with E-state index in [9.17, 15) is 4.79 Å². The standard InChI is InChI=1S/C14H21N3O2/c1-2-12-11-8-17(5-3-13(11)16-15-12)14(18)7-10-4-6-19-9-10/h10H,2-9H2,1H3,(H,15,16). The molecule has 3 rings (SSSR count). The number of H-pyrrole nitrogens is 1. The Hall–Kier alpha value is -1.36. The van der Waals surface area contributed by atoms with Crippen LogP contribution in [0.25, 0.3) is 0 Å². The zero-order valence-corrected chi connectivity index (χ0v) is 11.4. The van der Waals surface area contributed by atoms with Gasteiger partial charge >= 0.3 is 0 Å². The number of nitrogens with one attached hydrogen (secondary N) is 1. The van der Waals surface area contributed by atoms with E-state index in [2.05, 4.69) is 17.1 Å². The van der Waals surface area contributed by atoms with Crippen LogP contribution in [0, 0.1) is 5.92 Å². The molecule has 19 heavy (non-hydrogen) atoms. The number of carbonyl (C=O) groups is 1. The Labute approximate surface area is 113 Å². The van der Waals surface area contributed by atoms with Gasteiger partial charge in [0.05, 0.1) is 5.69 Å². The quantitative estimate of drug-likeness (QED) is 0.894. The van der Waals surface area contributed by atoms with Gasteiger partial charge in [-0.1, -0.05) is 6.92 Å². The minimum Gasteiger partial charge on any atom is -0.381 e. The first-order valence-corrected chi connectivity index (χ1v) is 7.18. The number of fused-ring (bicyclic) bond motifs is 1. The molecule has 1 N–H and O–H groups in total. The van der Waals surface area contributed by atoms with Gasteiger partial charge in [0, 0.05) is 50.4 Å². The Morgan fingerprint density at radius 3 is 3.21 bits per heavy atom. The van der Waals surface area contributed by atoms with Crippen molar-refractivity contribution >= 4 is 5.91 Å². The monoisotopic (exact) mass is 263 g/mol. The average Bonchev–Trinajstić information content (AvgIpc) is 3.06. The van der Waals surface area contributed by atoms with E-state index in [1.807, 2.05) is 4.90 Å². The fourth-order valence-corrected chi connectivity index (χ4v) is 2.98. The van der Waals surface area contributed by atoms with Crippen molar-refractivity contribution in [2.75, 3.05) is 19.8 Å². The molecular weight excluding hydrogens is 242 g/mol. The van der Waals surface area contributed by atoms with E-state index < -0.39 is 0 Å². The van der Waals surface area contributed by atoms with Crippen molar-refractivity contribution in [2.24, 2.45) is 5.92 Å². The van der Waals surface area contributed by atoms with Crippen LogP contribution in [0.1, 0.15) is 36.7 Å². The lowest BCUT2D eigenvalue weighted by Crippen LogP contribution is -2.37. The molecule has 5 nitrogen and oxygen atoms in total. The fraction of sp³-hybridized carbons (Fsp3) is 0.714. The van der Waals surface area contributed by atoms with Crippen molar-refractivity contribution in [1.29, 1.82) is 0 Å². The third kappa shape index (κ3) is 2.52. The van der Waals surface area contributed by atoms with Gasteiger partial charge in [0.25, 0.3) is 0 Å². The second kappa shape index (κ2) is 5.33. The van der Waals surface area contributed by atoms with Crippen LogP contribution < -0.4 is 0 Å². The van der Waals surface area contributed by atoms with Gasteiger partial charge in [0.15, 0.2) is 0 Å². The highest BCUT2D eigenvalue weighted by atomic mass is 16.5. The minimum atomic E-state index is 0.268. The summed E-state index contributed by atoms with van der Waals surface area (Å²) in [7, 11) is 0. The van der Waals surface area contributed by atoms with Crippen LogP contribution in [0.15, 0.2) is 0 Å². The Bertz CT molecular complexity index is 450. The number of amides is 1. The normalized spacial score (nSPS) is 22.6. The predicted octanol–water partition coefficient (Wildman–Crippen LogP) is 1.28. The molecule has 0 saturated carbocycles. The van der Waals surface area contributed by atoms with Gasteiger partial charge in [-0.25, -0.2) is 0 Å². The molecular formula is C14H21N3O2. The molecule has 1 aromatic heterocycles. The van der Waals surface area contributed by atoms with Crippen LogP contribution in [-0.2, 0) is 28.9 Å². The van der Waals surface area contributed by atoms with Crippen molar-refractivity contribution in [2.45, 2.75) is 39.2 Å². The van der Waals surface area contributed by atoms with E-state index in [-0.39, 0.29) is 5.91 Å². The number of nitrogens with zero attached hydrogens (tertiary/aromatic N) is 2. The first-order chi connectivity index (χ1) is 9.28. The number of hydrogen-bond donors (Lipinski definition) is 1. The summed E-state index contributed by atoms with van der Waals surface area (Å²) in [5.74, 6) is 0.688. The maximum Gasteiger partial charge on any atom is 0.223 e. The van der Waals surface area contributed by atoms with Crippen molar-refractivity contribution < 1.29 is 9.53 Å². The number of aromatic amines is 1. The molecule has 1 amide bonds. The van der Waals surface area contributed by atoms with E-state index in [1.165, 1.54) is 11.3 Å². The summed E-state index contributed by atoms with van der Waals surface area (Å²) in [6, 6.07) is 0. The molecule has 0 aromatic carbocycles. The van der Waals surface area contributed by atoms with Crippen molar-refractivity contribution in [3.05, 3.63) is 17.0 Å². The van der Waals surface area contributed by atoms with Gasteiger partial charge in [-0.3, -0.25) is 9.89 Å². The Morgan fingerprint density at radius 2 is 2.47 bits per heavy atom. The van der Waals surface area contributed by atoms with Crippen LogP contribution in [0.3, 0.4) is 0 Å². The first kappa shape index (κ1) is 12.7. The predicted molar refractivity (Wildman–Crippen MR) is 70.6 cm³/mol. The summed E-state index contributed by atoms with van der Waals surface area (Å²) in [6.45, 7) is 5.19. The molecule has 1 atom stereocenters. The van der Waals surface area contributed by atoms with E-state index in [1.54, 1.807) is 0 Å². The van der Waals surface area contributed by atoms with Gasteiger partial charge in [-0.2, -0.15) is 5.10 Å². The maximum absolute atomic E-state index is 12.3. The van der Waals surface area contributed by atoms with Crippen LogP contribution >= 0.6 is 0 Å². The second-order valence-corrected chi connectivity index (χ2v) is 5.48. The molecule has 1 saturated heterocycles. The fourth-order valence-electron chi connectivity index (χ4n) is 2.98. The van der Waals surface area contributed by atoms with Gasteiger partial charge < -0.3 is 9.64 Å². The minimum absolute atomic E-state index is 0.268. The highest BCUT2D eigenvalue weighted by molar-refractivity contribution is 5.76. The average molecular weight is 263 g/mol. The van der Waals surface area contributed by atoms with Crippen LogP contribution in [0.2, 0.25) is 0 Å². The molecule has 0 aliphatic carbocycles. The molecule has 2 aliphatic rings. The topological polar surface area (TPSA) is 58.2 Å². The molecule has 3 heterocycles. The highest BCUT2D eigenvalue weighted by Gasteiger charge is 2.27. The van der Waals surface area contributed by atoms with Gasteiger partial charge in [0.2, 0.25) is 5.91 Å². The summed E-state index contributed by atoms with van der Waals surface area (Å²) < 4.78 is 5.34. The molecule has 2 aliphatic heterocycles. The highest BCUT2D eigenvalue weighted by Crippen LogP contribution is 2.23. The van der Waals surface area contributed by atoms with E-state index in [4.69, 9.17) is 4.74 Å². The zero-order chi connectivity index (χ0) is 13.2. The molecule has 104 valence electrons. The summed E-state index contributed by atoms with van der Waals surface area (Å²) in [6.07, 6.45) is 3.48. The van der Waals surface area contributed by atoms with Crippen LogP contribution in [0.4, 0.5) is 0 Å². The molecule has 1 unspecified atom stereocenters. The van der Waals surface area contributed by atoms with E-state index in [0.717, 1.165) is 51.3 Å². The Kier molecular flexibility index (Phi) is 3.55. The Balaban J connectivity index is 1.65. The Morgan fingerprint density at radius 1 is 1.58 bits per heavy atom. The summed E-state index contributed by atoms with van der Waals surface area (Å²) in [5, 5.41) is 7.43. The number of rotatable bonds is 3. The second-order valence-electron chi connectivity index (χ2n) is 5.48. The van der Waals surface area contributed by atoms with E-state index >= 15 is 0 Å². The zero-order valence-electron chi connectivity index (χ0n) is 11.4. The van der Waals surface area contributed by atoms with Crippen molar-refractivity contribution in [3.8, 4) is 0 Å². The number of carbonyl (C=O) groups excluding carboxylic acids is 1. The number of aromatic nitrogens is 2. The molecule has 1 fully saturated rings. The summed E-state index contributed by atoms with van der Waals surface area (Å²) in [4.78, 5) is 14.3. The SMILES string of the molecule is CCc1n[nH]c2c1CN(C(=O)CC1CCOC1)CC2. The summed E-state index contributed by atoms with van der Waals surface area (Å²) in [5.41, 5.74) is 3.56. The number of hydrogen-bond acceptors (Lipinski definition) is 3. The third-order valence-corrected chi connectivity index (χ3v) is 4.19. The molecule has 0 bridgehead atoms. The molecule has 0 radical (unpaired) electrons. The van der Waals surface area contributed by atoms with Gasteiger partial charge in [-0.15, -0.1) is 0 Å². The van der Waals surface area contributed by atoms with Crippen LogP contribution in [0.5, 0.6) is 0 Å². The number of ether oxygens (including phenoxy) is 1. The maximum atomic E-state index is 12.3. The van der Waals surface area contributed by atoms with E-state index in [0.29, 0.717) is 12.3 Å². The lowest BCUT2D eigenvalue weighted by molar-refractivity contribution is -0.133. The molecule has 5 heteroatoms. The lowest BCUT2D eigenvalue weighted by Gasteiger charge is -2.28. The van der Waals surface area contributed by atoms with Crippen molar-refractivity contribution in [3.63, 3.8) is 0 Å². The van der Waals surface area contributed by atoms with Gasteiger partial charge in [-0.05, 0) is 18.8 Å².